The van der Waals surface area contributed by atoms with Gasteiger partial charge in [0.2, 0.25) is 5.16 Å². The van der Waals surface area contributed by atoms with Gasteiger partial charge in [0, 0.05) is 29.9 Å². The molecule has 0 unspecified atom stereocenters. The van der Waals surface area contributed by atoms with Crippen LogP contribution in [0, 0.1) is 0 Å². The molecule has 4 heterocycles. The Balaban J connectivity index is 1.36. The van der Waals surface area contributed by atoms with Crippen LogP contribution in [0.5, 0.6) is 0 Å². The predicted octanol–water partition coefficient (Wildman–Crippen LogP) is 4.37. The number of carbonyl (C=O) groups is 1. The normalized spacial score (nSPS) is 17.4. The first-order valence-corrected chi connectivity index (χ1v) is 11.5. The number of benzene rings is 2. The molecule has 1 amide bonds. The minimum Gasteiger partial charge on any atom is -0.331 e. The molecule has 0 aliphatic carbocycles. The van der Waals surface area contributed by atoms with Gasteiger partial charge in [0.1, 0.15) is 0 Å². The lowest BCUT2D eigenvalue weighted by Crippen LogP contribution is -2.45. The van der Waals surface area contributed by atoms with Crippen molar-refractivity contribution in [3.8, 4) is 0 Å². The molecule has 0 bridgehead atoms. The zero-order chi connectivity index (χ0) is 20.9. The summed E-state index contributed by atoms with van der Waals surface area (Å²) < 4.78 is 1.75. The van der Waals surface area contributed by atoms with Gasteiger partial charge in [0.05, 0.1) is 17.3 Å². The number of hydrogen-bond donors (Lipinski definition) is 0. The molecule has 0 saturated heterocycles. The quantitative estimate of drug-likeness (QED) is 0.436. The summed E-state index contributed by atoms with van der Waals surface area (Å²) in [5.74, 6) is 1.26. The van der Waals surface area contributed by atoms with E-state index in [9.17, 15) is 4.79 Å². The average Bonchev–Trinajstić information content (AvgIpc) is 3.21. The van der Waals surface area contributed by atoms with E-state index >= 15 is 0 Å². The molecule has 6 nitrogen and oxygen atoms in total. The van der Waals surface area contributed by atoms with E-state index < -0.39 is 0 Å². The van der Waals surface area contributed by atoms with E-state index in [2.05, 4.69) is 28.2 Å². The maximum atomic E-state index is 13.3. The topological polar surface area (TPSA) is 63.4 Å². The standard InChI is InChI=1S/C23H18ClN5OS/c24-16-6-3-4-14(10-16)13-31-23-26-22-25-12-18-20(29(22)27-23)11-19-17-7-2-1-5-15(17)8-9-28(19)21(18)30/h1-7,10,12,19H,8-9,11,13H2/t19-/m1/s1. The first-order chi connectivity index (χ1) is 15.2. The third-order valence-electron chi connectivity index (χ3n) is 5.99. The second-order valence-electron chi connectivity index (χ2n) is 7.81. The summed E-state index contributed by atoms with van der Waals surface area (Å²) in [6.45, 7) is 0.732. The molecular formula is C23H18ClN5OS. The summed E-state index contributed by atoms with van der Waals surface area (Å²) in [7, 11) is 0. The van der Waals surface area contributed by atoms with Crippen molar-refractivity contribution in [1.29, 1.82) is 0 Å². The average molecular weight is 448 g/mol. The van der Waals surface area contributed by atoms with Crippen LogP contribution in [-0.4, -0.2) is 36.9 Å². The smallest absolute Gasteiger partial charge is 0.257 e. The van der Waals surface area contributed by atoms with Crippen LogP contribution in [0.25, 0.3) is 5.78 Å². The Kier molecular flexibility index (Phi) is 4.47. The van der Waals surface area contributed by atoms with Crippen molar-refractivity contribution in [2.75, 3.05) is 6.54 Å². The first-order valence-electron chi connectivity index (χ1n) is 10.2. The number of amides is 1. The predicted molar refractivity (Wildman–Crippen MR) is 119 cm³/mol. The zero-order valence-electron chi connectivity index (χ0n) is 16.5. The van der Waals surface area contributed by atoms with Gasteiger partial charge in [-0.3, -0.25) is 4.79 Å². The van der Waals surface area contributed by atoms with Crippen molar-refractivity contribution in [2.24, 2.45) is 0 Å². The van der Waals surface area contributed by atoms with E-state index in [1.165, 1.54) is 22.9 Å². The molecular weight excluding hydrogens is 430 g/mol. The molecule has 2 aromatic heterocycles. The Morgan fingerprint density at radius 3 is 2.97 bits per heavy atom. The van der Waals surface area contributed by atoms with E-state index in [-0.39, 0.29) is 11.9 Å². The Bertz CT molecular complexity index is 1340. The summed E-state index contributed by atoms with van der Waals surface area (Å²) in [6.07, 6.45) is 3.25. The lowest BCUT2D eigenvalue weighted by Gasteiger charge is -2.40. The highest BCUT2D eigenvalue weighted by molar-refractivity contribution is 7.98. The minimum atomic E-state index is 0.0267. The number of carbonyl (C=O) groups excluding carboxylic acids is 1. The molecule has 2 aliphatic heterocycles. The third kappa shape index (κ3) is 3.20. The highest BCUT2D eigenvalue weighted by Crippen LogP contribution is 2.37. The molecule has 6 rings (SSSR count). The van der Waals surface area contributed by atoms with E-state index in [0.29, 0.717) is 33.7 Å². The second kappa shape index (κ2) is 7.35. The van der Waals surface area contributed by atoms with Crippen LogP contribution >= 0.6 is 23.4 Å². The van der Waals surface area contributed by atoms with Gasteiger partial charge in [-0.25, -0.2) is 4.98 Å². The molecule has 8 heteroatoms. The Morgan fingerprint density at radius 2 is 2.06 bits per heavy atom. The molecule has 154 valence electrons. The van der Waals surface area contributed by atoms with Gasteiger partial charge in [0.25, 0.3) is 11.7 Å². The highest BCUT2D eigenvalue weighted by atomic mass is 35.5. The lowest BCUT2D eigenvalue weighted by molar-refractivity contribution is 0.0626. The fourth-order valence-electron chi connectivity index (χ4n) is 4.52. The van der Waals surface area contributed by atoms with Gasteiger partial charge in [-0.2, -0.15) is 9.50 Å². The molecule has 0 fully saturated rings. The molecule has 2 aromatic carbocycles. The van der Waals surface area contributed by atoms with Gasteiger partial charge in [-0.05, 0) is 35.2 Å². The van der Waals surface area contributed by atoms with Crippen LogP contribution in [0.4, 0.5) is 0 Å². The van der Waals surface area contributed by atoms with Crippen LogP contribution in [0.15, 0.2) is 59.9 Å². The van der Waals surface area contributed by atoms with E-state index in [4.69, 9.17) is 16.7 Å². The maximum Gasteiger partial charge on any atom is 0.257 e. The number of fused-ring (bicyclic) bond motifs is 6. The fourth-order valence-corrected chi connectivity index (χ4v) is 5.50. The van der Waals surface area contributed by atoms with E-state index in [1.54, 1.807) is 10.7 Å². The monoisotopic (exact) mass is 447 g/mol. The van der Waals surface area contributed by atoms with Crippen LogP contribution in [0.3, 0.4) is 0 Å². The number of rotatable bonds is 3. The molecule has 31 heavy (non-hydrogen) atoms. The molecule has 0 saturated carbocycles. The van der Waals surface area contributed by atoms with Gasteiger partial charge < -0.3 is 4.90 Å². The largest absolute Gasteiger partial charge is 0.331 e. The number of hydrogen-bond acceptors (Lipinski definition) is 5. The Morgan fingerprint density at radius 1 is 1.16 bits per heavy atom. The van der Waals surface area contributed by atoms with E-state index in [1.807, 2.05) is 35.2 Å². The van der Waals surface area contributed by atoms with Crippen molar-refractivity contribution in [3.63, 3.8) is 0 Å². The molecule has 0 radical (unpaired) electrons. The van der Waals surface area contributed by atoms with Crippen LogP contribution in [-0.2, 0) is 18.6 Å². The SMILES string of the molecule is O=C1c2cnc3nc(SCc4cccc(Cl)c4)nn3c2C[C@@H]2c3ccccc3CCN12. The Hall–Kier alpha value is -2.90. The van der Waals surface area contributed by atoms with Crippen LogP contribution < -0.4 is 0 Å². The van der Waals surface area contributed by atoms with Gasteiger partial charge in [-0.1, -0.05) is 59.8 Å². The summed E-state index contributed by atoms with van der Waals surface area (Å²) in [5, 5.41) is 6.05. The molecule has 4 aromatic rings. The fraction of sp³-hybridized carbons (Fsp3) is 0.217. The van der Waals surface area contributed by atoms with Crippen molar-refractivity contribution >= 4 is 35.0 Å². The second-order valence-corrected chi connectivity index (χ2v) is 9.19. The van der Waals surface area contributed by atoms with Gasteiger partial charge in [-0.15, -0.1) is 5.10 Å². The first kappa shape index (κ1) is 18.8. The van der Waals surface area contributed by atoms with Crippen molar-refractivity contribution in [3.05, 3.63) is 87.7 Å². The summed E-state index contributed by atoms with van der Waals surface area (Å²) in [5.41, 5.74) is 5.17. The van der Waals surface area contributed by atoms with Gasteiger partial charge in [0.15, 0.2) is 0 Å². The minimum absolute atomic E-state index is 0.0267. The van der Waals surface area contributed by atoms with E-state index in [0.717, 1.165) is 24.2 Å². The summed E-state index contributed by atoms with van der Waals surface area (Å²) in [4.78, 5) is 24.2. The zero-order valence-corrected chi connectivity index (χ0v) is 18.1. The van der Waals surface area contributed by atoms with Crippen LogP contribution in [0.2, 0.25) is 5.02 Å². The number of thioether (sulfide) groups is 1. The molecule has 0 N–H and O–H groups in total. The number of aromatic nitrogens is 4. The van der Waals surface area contributed by atoms with Crippen LogP contribution in [0.1, 0.15) is 38.8 Å². The highest BCUT2D eigenvalue weighted by Gasteiger charge is 2.38. The Labute approximate surface area is 188 Å². The molecule has 0 spiro atoms. The lowest BCUT2D eigenvalue weighted by atomic mass is 9.86. The third-order valence-corrected chi connectivity index (χ3v) is 7.14. The summed E-state index contributed by atoms with van der Waals surface area (Å²) in [6, 6.07) is 16.2. The number of halogens is 1. The molecule has 2 aliphatic rings. The summed E-state index contributed by atoms with van der Waals surface area (Å²) >= 11 is 7.62. The van der Waals surface area contributed by atoms with Gasteiger partial charge >= 0.3 is 0 Å². The van der Waals surface area contributed by atoms with Crippen molar-refractivity contribution < 1.29 is 4.79 Å². The van der Waals surface area contributed by atoms with Crippen molar-refractivity contribution in [2.45, 2.75) is 29.8 Å². The maximum absolute atomic E-state index is 13.3. The molecule has 1 atom stereocenters. The van der Waals surface area contributed by atoms with Crippen molar-refractivity contribution in [1.82, 2.24) is 24.5 Å². The number of nitrogens with zero attached hydrogens (tertiary/aromatic N) is 5.